The zero-order valence-electron chi connectivity index (χ0n) is 11.0. The van der Waals surface area contributed by atoms with E-state index in [1.807, 2.05) is 12.1 Å². The van der Waals surface area contributed by atoms with E-state index >= 15 is 0 Å². The number of anilines is 1. The second-order valence-electron chi connectivity index (χ2n) is 4.92. The summed E-state index contributed by atoms with van der Waals surface area (Å²) in [6, 6.07) is 5.54. The molecule has 1 aromatic carbocycles. The molecule has 3 aromatic rings. The minimum atomic E-state index is 0.256. The Bertz CT molecular complexity index is 808. The minimum absolute atomic E-state index is 0.256. The van der Waals surface area contributed by atoms with Gasteiger partial charge in [0.1, 0.15) is 5.01 Å². The molecule has 0 spiro atoms. The maximum atomic E-state index is 6.07. The number of rotatable bonds is 2. The summed E-state index contributed by atoms with van der Waals surface area (Å²) in [6.07, 6.45) is 0.951. The van der Waals surface area contributed by atoms with Gasteiger partial charge >= 0.3 is 0 Å². The summed E-state index contributed by atoms with van der Waals surface area (Å²) >= 11 is 7.52. The van der Waals surface area contributed by atoms with E-state index in [0.29, 0.717) is 17.3 Å². The average Bonchev–Trinajstić information content (AvgIpc) is 3.16. The molecule has 1 fully saturated rings. The van der Waals surface area contributed by atoms with Crippen molar-refractivity contribution < 1.29 is 4.74 Å². The Balaban J connectivity index is 1.82. The highest BCUT2D eigenvalue weighted by Crippen LogP contribution is 2.35. The van der Waals surface area contributed by atoms with Crippen LogP contribution in [0, 0.1) is 0 Å². The Labute approximate surface area is 129 Å². The van der Waals surface area contributed by atoms with Crippen molar-refractivity contribution in [2.24, 2.45) is 0 Å². The lowest BCUT2D eigenvalue weighted by Gasteiger charge is -2.04. The van der Waals surface area contributed by atoms with Crippen molar-refractivity contribution >= 4 is 33.6 Å². The van der Waals surface area contributed by atoms with Crippen LogP contribution in [0.5, 0.6) is 0 Å². The van der Waals surface area contributed by atoms with Crippen LogP contribution in [-0.2, 0) is 4.74 Å². The van der Waals surface area contributed by atoms with Gasteiger partial charge in [0.25, 0.3) is 0 Å². The maximum Gasteiger partial charge on any atom is 0.234 e. The quantitative estimate of drug-likeness (QED) is 0.734. The predicted octanol–water partition coefficient (Wildman–Crippen LogP) is 2.59. The lowest BCUT2D eigenvalue weighted by molar-refractivity contribution is 0.193. The average molecular weight is 322 g/mol. The summed E-state index contributed by atoms with van der Waals surface area (Å²) in [6.45, 7) is 1.44. The van der Waals surface area contributed by atoms with Crippen LogP contribution >= 0.6 is 22.9 Å². The number of aromatic nitrogens is 4. The van der Waals surface area contributed by atoms with E-state index in [-0.39, 0.29) is 5.92 Å². The van der Waals surface area contributed by atoms with Gasteiger partial charge in [0.2, 0.25) is 4.96 Å². The summed E-state index contributed by atoms with van der Waals surface area (Å²) in [4.78, 5) is 0.756. The summed E-state index contributed by atoms with van der Waals surface area (Å²) < 4.78 is 7.20. The van der Waals surface area contributed by atoms with E-state index in [4.69, 9.17) is 22.1 Å². The predicted molar refractivity (Wildman–Crippen MR) is 81.7 cm³/mol. The summed E-state index contributed by atoms with van der Waals surface area (Å²) in [5, 5.41) is 14.4. The maximum absolute atomic E-state index is 6.07. The van der Waals surface area contributed by atoms with Crippen molar-refractivity contribution in [1.82, 2.24) is 19.8 Å². The first kappa shape index (κ1) is 13.0. The third kappa shape index (κ3) is 2.08. The van der Waals surface area contributed by atoms with E-state index in [0.717, 1.165) is 34.4 Å². The number of nitrogen functional groups attached to an aromatic ring is 1. The molecule has 0 radical (unpaired) electrons. The highest BCUT2D eigenvalue weighted by Gasteiger charge is 2.25. The first-order valence-corrected chi connectivity index (χ1v) is 7.77. The van der Waals surface area contributed by atoms with Crippen LogP contribution in [0.15, 0.2) is 18.2 Å². The molecular weight excluding hydrogens is 310 g/mol. The van der Waals surface area contributed by atoms with Crippen LogP contribution in [0.2, 0.25) is 5.02 Å². The van der Waals surface area contributed by atoms with Crippen LogP contribution in [0.4, 0.5) is 5.69 Å². The molecule has 1 aliphatic rings. The monoisotopic (exact) mass is 321 g/mol. The van der Waals surface area contributed by atoms with E-state index in [1.165, 1.54) is 11.3 Å². The number of halogens is 1. The fourth-order valence-electron chi connectivity index (χ4n) is 2.46. The topological polar surface area (TPSA) is 78.3 Å². The molecule has 0 amide bonds. The van der Waals surface area contributed by atoms with Crippen LogP contribution < -0.4 is 5.73 Å². The molecule has 108 valence electrons. The van der Waals surface area contributed by atoms with Gasteiger partial charge in [-0.05, 0) is 18.6 Å². The van der Waals surface area contributed by atoms with Gasteiger partial charge in [0.05, 0.1) is 17.3 Å². The molecule has 1 saturated heterocycles. The highest BCUT2D eigenvalue weighted by molar-refractivity contribution is 7.19. The van der Waals surface area contributed by atoms with Crippen LogP contribution in [0.1, 0.15) is 18.2 Å². The lowest BCUT2D eigenvalue weighted by atomic mass is 10.1. The molecule has 4 rings (SSSR count). The van der Waals surface area contributed by atoms with E-state index in [1.54, 1.807) is 10.6 Å². The third-order valence-electron chi connectivity index (χ3n) is 3.59. The summed E-state index contributed by atoms with van der Waals surface area (Å²) in [5.41, 5.74) is 7.40. The first-order chi connectivity index (χ1) is 10.2. The van der Waals surface area contributed by atoms with Crippen molar-refractivity contribution in [1.29, 1.82) is 0 Å². The molecule has 2 aromatic heterocycles. The number of benzene rings is 1. The Morgan fingerprint density at radius 3 is 3.10 bits per heavy atom. The first-order valence-electron chi connectivity index (χ1n) is 6.58. The fourth-order valence-corrected chi connectivity index (χ4v) is 3.52. The molecule has 2 N–H and O–H groups in total. The second kappa shape index (κ2) is 4.94. The van der Waals surface area contributed by atoms with E-state index in [9.17, 15) is 0 Å². The number of hydrogen-bond donors (Lipinski definition) is 1. The Kier molecular flexibility index (Phi) is 3.06. The normalized spacial score (nSPS) is 18.6. The fraction of sp³-hybridized carbons (Fsp3) is 0.308. The zero-order chi connectivity index (χ0) is 14.4. The standard InChI is InChI=1S/C13H12ClN5OS/c14-9-3-1-2-8(10(9)15)12-18-19-11(7-4-5-20-6-7)16-17-13(19)21-12/h1-3,7H,4-6,15H2. The van der Waals surface area contributed by atoms with E-state index in [2.05, 4.69) is 15.3 Å². The van der Waals surface area contributed by atoms with Gasteiger partial charge in [-0.1, -0.05) is 29.0 Å². The smallest absolute Gasteiger partial charge is 0.234 e. The van der Waals surface area contributed by atoms with E-state index < -0.39 is 0 Å². The van der Waals surface area contributed by atoms with Gasteiger partial charge in [0.15, 0.2) is 5.82 Å². The molecule has 6 nitrogen and oxygen atoms in total. The number of para-hydroxylation sites is 1. The van der Waals surface area contributed by atoms with Crippen molar-refractivity contribution in [3.05, 3.63) is 29.0 Å². The van der Waals surface area contributed by atoms with Crippen molar-refractivity contribution in [2.45, 2.75) is 12.3 Å². The molecule has 21 heavy (non-hydrogen) atoms. The SMILES string of the molecule is Nc1c(Cl)cccc1-c1nn2c(C3CCOC3)nnc2s1. The number of nitrogens with two attached hydrogens (primary N) is 1. The van der Waals surface area contributed by atoms with Gasteiger partial charge in [0, 0.05) is 18.1 Å². The number of fused-ring (bicyclic) bond motifs is 1. The molecule has 1 unspecified atom stereocenters. The van der Waals surface area contributed by atoms with Crippen molar-refractivity contribution in [2.75, 3.05) is 18.9 Å². The number of ether oxygens (including phenoxy) is 1. The molecule has 1 atom stereocenters. The van der Waals surface area contributed by atoms with Crippen molar-refractivity contribution in [3.8, 4) is 10.6 Å². The molecule has 8 heteroatoms. The summed E-state index contributed by atoms with van der Waals surface area (Å²) in [7, 11) is 0. The Hall–Kier alpha value is -1.70. The van der Waals surface area contributed by atoms with Crippen LogP contribution in [0.3, 0.4) is 0 Å². The van der Waals surface area contributed by atoms with Crippen LogP contribution in [0.25, 0.3) is 15.5 Å². The molecule has 0 aliphatic carbocycles. The zero-order valence-corrected chi connectivity index (χ0v) is 12.6. The van der Waals surface area contributed by atoms with Gasteiger partial charge < -0.3 is 10.5 Å². The van der Waals surface area contributed by atoms with Crippen molar-refractivity contribution in [3.63, 3.8) is 0 Å². The lowest BCUT2D eigenvalue weighted by Crippen LogP contribution is -2.04. The third-order valence-corrected chi connectivity index (χ3v) is 4.85. The van der Waals surface area contributed by atoms with Gasteiger partial charge in [-0.3, -0.25) is 0 Å². The number of nitrogens with zero attached hydrogens (tertiary/aromatic N) is 4. The molecular formula is C13H12ClN5OS. The second-order valence-corrected chi connectivity index (χ2v) is 6.28. The van der Waals surface area contributed by atoms with Crippen LogP contribution in [-0.4, -0.2) is 33.0 Å². The van der Waals surface area contributed by atoms with Gasteiger partial charge in [-0.15, -0.1) is 10.2 Å². The highest BCUT2D eigenvalue weighted by atomic mass is 35.5. The Morgan fingerprint density at radius 2 is 2.29 bits per heavy atom. The molecule has 1 aliphatic heterocycles. The van der Waals surface area contributed by atoms with Gasteiger partial charge in [-0.25, -0.2) is 0 Å². The summed E-state index contributed by atoms with van der Waals surface area (Å²) in [5.74, 6) is 1.11. The molecule has 0 saturated carbocycles. The molecule has 0 bridgehead atoms. The largest absolute Gasteiger partial charge is 0.397 e. The molecule has 3 heterocycles. The van der Waals surface area contributed by atoms with Gasteiger partial charge in [-0.2, -0.15) is 9.61 Å². The number of hydrogen-bond acceptors (Lipinski definition) is 6. The Morgan fingerprint density at radius 1 is 1.38 bits per heavy atom. The minimum Gasteiger partial charge on any atom is -0.397 e.